The highest BCUT2D eigenvalue weighted by Crippen LogP contribution is 2.19. The molecule has 0 heterocycles. The third-order valence-electron chi connectivity index (χ3n) is 3.99. The second kappa shape index (κ2) is 8.67. The van der Waals surface area contributed by atoms with Gasteiger partial charge in [0.25, 0.3) is 0 Å². The van der Waals surface area contributed by atoms with Crippen LogP contribution in [0, 0.1) is 5.82 Å². The molecule has 126 valence electrons. The van der Waals surface area contributed by atoms with Gasteiger partial charge in [-0.2, -0.15) is 0 Å². The highest BCUT2D eigenvalue weighted by molar-refractivity contribution is 5.80. The van der Waals surface area contributed by atoms with Crippen LogP contribution in [0.1, 0.15) is 31.4 Å². The highest BCUT2D eigenvalue weighted by atomic mass is 19.1. The van der Waals surface area contributed by atoms with E-state index in [2.05, 4.69) is 34.6 Å². The van der Waals surface area contributed by atoms with Crippen LogP contribution in [0.15, 0.2) is 41.4 Å². The van der Waals surface area contributed by atoms with E-state index in [1.54, 1.807) is 0 Å². The van der Waals surface area contributed by atoms with E-state index in [4.69, 9.17) is 4.99 Å². The lowest BCUT2D eigenvalue weighted by Gasteiger charge is -2.24. The molecule has 1 aromatic rings. The number of likely N-dealkylation sites (N-methyl/N-ethyl adjacent to an activating group) is 1. The van der Waals surface area contributed by atoms with E-state index in [-0.39, 0.29) is 11.9 Å². The van der Waals surface area contributed by atoms with Crippen molar-refractivity contribution in [3.8, 4) is 0 Å². The normalized spacial score (nSPS) is 16.8. The van der Waals surface area contributed by atoms with Gasteiger partial charge < -0.3 is 15.5 Å². The van der Waals surface area contributed by atoms with Crippen LogP contribution in [0.5, 0.6) is 0 Å². The molecule has 0 fully saturated rings. The molecule has 0 aromatic heterocycles. The second-order valence-corrected chi connectivity index (χ2v) is 6.03. The zero-order valence-electron chi connectivity index (χ0n) is 14.2. The molecule has 1 aliphatic rings. The summed E-state index contributed by atoms with van der Waals surface area (Å²) in [5.74, 6) is 0.633. The maximum absolute atomic E-state index is 13.1. The van der Waals surface area contributed by atoms with Gasteiger partial charge >= 0.3 is 0 Å². The summed E-state index contributed by atoms with van der Waals surface area (Å²) in [6, 6.07) is 7.21. The fraction of sp³-hybridized carbons (Fsp3) is 0.500. The number of hydrogen-bond donors (Lipinski definition) is 2. The van der Waals surface area contributed by atoms with Gasteiger partial charge in [-0.3, -0.25) is 4.99 Å². The van der Waals surface area contributed by atoms with Gasteiger partial charge in [0.15, 0.2) is 5.96 Å². The lowest BCUT2D eigenvalue weighted by molar-refractivity contribution is 0.306. The zero-order chi connectivity index (χ0) is 16.7. The molecule has 0 saturated heterocycles. The van der Waals surface area contributed by atoms with Gasteiger partial charge in [-0.1, -0.05) is 24.3 Å². The first-order valence-electron chi connectivity index (χ1n) is 8.22. The van der Waals surface area contributed by atoms with Crippen molar-refractivity contribution in [1.82, 2.24) is 15.5 Å². The van der Waals surface area contributed by atoms with E-state index in [1.165, 1.54) is 12.1 Å². The molecule has 1 aromatic carbocycles. The third-order valence-corrected chi connectivity index (χ3v) is 3.99. The molecule has 1 atom stereocenters. The molecule has 0 radical (unpaired) electrons. The standard InChI is InChI=1S/C18H27FN4/c1-4-20-18(22-16-7-5-6-8-16)21-13-17(23(2)3)14-9-11-15(19)12-10-14/h5-6,9-12,16-17H,4,7-8,13H2,1-3H3,(H2,20,21,22). The van der Waals surface area contributed by atoms with E-state index >= 15 is 0 Å². The van der Waals surface area contributed by atoms with Crippen molar-refractivity contribution >= 4 is 5.96 Å². The Bertz CT molecular complexity index is 528. The van der Waals surface area contributed by atoms with Crippen LogP contribution in [0.2, 0.25) is 0 Å². The van der Waals surface area contributed by atoms with Crippen molar-refractivity contribution in [2.75, 3.05) is 27.2 Å². The van der Waals surface area contributed by atoms with E-state index in [0.29, 0.717) is 12.6 Å². The molecule has 4 nitrogen and oxygen atoms in total. The van der Waals surface area contributed by atoms with E-state index in [1.807, 2.05) is 26.2 Å². The molecule has 1 aliphatic carbocycles. The Morgan fingerprint density at radius 2 is 1.91 bits per heavy atom. The lowest BCUT2D eigenvalue weighted by Crippen LogP contribution is -2.43. The van der Waals surface area contributed by atoms with Crippen LogP contribution in [-0.2, 0) is 0 Å². The van der Waals surface area contributed by atoms with Gasteiger partial charge in [-0.15, -0.1) is 0 Å². The number of aliphatic imine (C=N–C) groups is 1. The molecule has 0 aliphatic heterocycles. The Balaban J connectivity index is 2.05. The topological polar surface area (TPSA) is 39.7 Å². The van der Waals surface area contributed by atoms with Crippen molar-refractivity contribution in [2.24, 2.45) is 4.99 Å². The minimum Gasteiger partial charge on any atom is -0.357 e. The van der Waals surface area contributed by atoms with Gasteiger partial charge in [0.2, 0.25) is 0 Å². The average Bonchev–Trinajstić information content (AvgIpc) is 3.02. The molecule has 5 heteroatoms. The van der Waals surface area contributed by atoms with E-state index in [9.17, 15) is 4.39 Å². The maximum Gasteiger partial charge on any atom is 0.191 e. The van der Waals surface area contributed by atoms with Crippen molar-refractivity contribution in [2.45, 2.75) is 31.8 Å². The first-order valence-corrected chi connectivity index (χ1v) is 8.22. The van der Waals surface area contributed by atoms with Gasteiger partial charge in [0.1, 0.15) is 5.82 Å². The molecule has 0 amide bonds. The van der Waals surface area contributed by atoms with Crippen LogP contribution >= 0.6 is 0 Å². The van der Waals surface area contributed by atoms with Crippen LogP contribution in [0.25, 0.3) is 0 Å². The van der Waals surface area contributed by atoms with Gasteiger partial charge in [-0.25, -0.2) is 4.39 Å². The molecule has 2 rings (SSSR count). The maximum atomic E-state index is 13.1. The van der Waals surface area contributed by atoms with Crippen molar-refractivity contribution < 1.29 is 4.39 Å². The van der Waals surface area contributed by atoms with Crippen LogP contribution < -0.4 is 10.6 Å². The van der Waals surface area contributed by atoms with Crippen molar-refractivity contribution in [1.29, 1.82) is 0 Å². The fourth-order valence-corrected chi connectivity index (χ4v) is 2.68. The summed E-state index contributed by atoms with van der Waals surface area (Å²) in [4.78, 5) is 6.84. The summed E-state index contributed by atoms with van der Waals surface area (Å²) in [6.45, 7) is 3.51. The minimum atomic E-state index is -0.210. The number of hydrogen-bond acceptors (Lipinski definition) is 2. The monoisotopic (exact) mass is 318 g/mol. The number of guanidine groups is 1. The summed E-state index contributed by atoms with van der Waals surface area (Å²) in [5, 5.41) is 6.77. The van der Waals surface area contributed by atoms with Crippen LogP contribution in [0.4, 0.5) is 4.39 Å². The molecule has 1 unspecified atom stereocenters. The SMILES string of the molecule is CCNC(=NCC(c1ccc(F)cc1)N(C)C)NC1CC=CC1. The first-order chi connectivity index (χ1) is 11.1. The van der Waals surface area contributed by atoms with Crippen LogP contribution in [0.3, 0.4) is 0 Å². The van der Waals surface area contributed by atoms with E-state index in [0.717, 1.165) is 30.9 Å². The number of rotatable bonds is 6. The van der Waals surface area contributed by atoms with Crippen LogP contribution in [-0.4, -0.2) is 44.1 Å². The predicted octanol–water partition coefficient (Wildman–Crippen LogP) is 2.70. The second-order valence-electron chi connectivity index (χ2n) is 6.03. The number of halogens is 1. The first kappa shape index (κ1) is 17.5. The summed E-state index contributed by atoms with van der Waals surface area (Å²) >= 11 is 0. The fourth-order valence-electron chi connectivity index (χ4n) is 2.68. The number of nitrogens with zero attached hydrogens (tertiary/aromatic N) is 2. The van der Waals surface area contributed by atoms with Gasteiger partial charge in [0, 0.05) is 12.6 Å². The van der Waals surface area contributed by atoms with Gasteiger partial charge in [0.05, 0.1) is 12.6 Å². The minimum absolute atomic E-state index is 0.118. The van der Waals surface area contributed by atoms with Gasteiger partial charge in [-0.05, 0) is 51.6 Å². The molecule has 2 N–H and O–H groups in total. The highest BCUT2D eigenvalue weighted by Gasteiger charge is 2.15. The Morgan fingerprint density at radius 1 is 1.26 bits per heavy atom. The Hall–Kier alpha value is -1.88. The van der Waals surface area contributed by atoms with Crippen molar-refractivity contribution in [3.63, 3.8) is 0 Å². The molecule has 0 saturated carbocycles. The molecule has 0 bridgehead atoms. The summed E-state index contributed by atoms with van der Waals surface area (Å²) < 4.78 is 13.1. The van der Waals surface area contributed by atoms with Crippen molar-refractivity contribution in [3.05, 3.63) is 47.8 Å². The summed E-state index contributed by atoms with van der Waals surface area (Å²) in [6.07, 6.45) is 6.48. The summed E-state index contributed by atoms with van der Waals surface area (Å²) in [5.41, 5.74) is 1.07. The quantitative estimate of drug-likeness (QED) is 0.481. The Kier molecular flexibility index (Phi) is 6.59. The average molecular weight is 318 g/mol. The van der Waals surface area contributed by atoms with E-state index < -0.39 is 0 Å². The smallest absolute Gasteiger partial charge is 0.191 e. The molecular weight excluding hydrogens is 291 g/mol. The summed E-state index contributed by atoms with van der Waals surface area (Å²) in [7, 11) is 4.04. The Labute approximate surface area is 138 Å². The zero-order valence-corrected chi connectivity index (χ0v) is 14.2. The lowest BCUT2D eigenvalue weighted by atomic mass is 10.1. The molecule has 23 heavy (non-hydrogen) atoms. The molecular formula is C18H27FN4. The number of nitrogens with one attached hydrogen (secondary N) is 2. The molecule has 0 spiro atoms. The largest absolute Gasteiger partial charge is 0.357 e. The predicted molar refractivity (Wildman–Crippen MR) is 94.1 cm³/mol. The number of benzene rings is 1. The Morgan fingerprint density at radius 3 is 2.48 bits per heavy atom. The third kappa shape index (κ3) is 5.36.